The van der Waals surface area contributed by atoms with E-state index in [4.69, 9.17) is 0 Å². The second kappa shape index (κ2) is 3.99. The van der Waals surface area contributed by atoms with Crippen LogP contribution in [0.5, 0.6) is 0 Å². The highest BCUT2D eigenvalue weighted by Gasteiger charge is 2.22. The summed E-state index contributed by atoms with van der Waals surface area (Å²) >= 11 is 1.58. The van der Waals surface area contributed by atoms with Gasteiger partial charge in [0, 0.05) is 15.7 Å². The summed E-state index contributed by atoms with van der Waals surface area (Å²) in [4.78, 5) is 28.4. The molecule has 88 valence electrons. The number of fused-ring (bicyclic) bond motifs is 1. The molecule has 0 N–H and O–H groups in total. The summed E-state index contributed by atoms with van der Waals surface area (Å²) in [5.41, 5.74) is 1.11. The average Bonchev–Trinajstić information content (AvgIpc) is 2.93. The zero-order valence-corrected chi connectivity index (χ0v) is 10.5. The van der Waals surface area contributed by atoms with Crippen molar-refractivity contribution in [2.45, 2.75) is 6.92 Å². The van der Waals surface area contributed by atoms with Crippen LogP contribution in [0.2, 0.25) is 0 Å². The molecule has 0 fully saturated rings. The second-order valence-corrected chi connectivity index (χ2v) is 4.97. The highest BCUT2D eigenvalue weighted by Crippen LogP contribution is 2.21. The van der Waals surface area contributed by atoms with E-state index < -0.39 is 5.91 Å². The van der Waals surface area contributed by atoms with Crippen molar-refractivity contribution in [1.82, 2.24) is 0 Å². The molecule has 0 spiro atoms. The minimum atomic E-state index is -0.429. The molecule has 1 aliphatic heterocycles. The normalized spacial score (nSPS) is 13.4. The highest BCUT2D eigenvalue weighted by atomic mass is 32.1. The van der Waals surface area contributed by atoms with E-state index in [2.05, 4.69) is 4.99 Å². The van der Waals surface area contributed by atoms with Crippen LogP contribution in [0.3, 0.4) is 0 Å². The average molecular weight is 255 g/mol. The molecule has 0 radical (unpaired) electrons. The fourth-order valence-electron chi connectivity index (χ4n) is 2.13. The van der Waals surface area contributed by atoms with Gasteiger partial charge in [-0.2, -0.15) is 0 Å². The molecule has 0 unspecified atom stereocenters. The SMILES string of the molecule is CC(=O)C1=c2c(-c3cccs3)cccc2=NC1=O. The predicted octanol–water partition coefficient (Wildman–Crippen LogP) is 1.31. The summed E-state index contributed by atoms with van der Waals surface area (Å²) in [5.74, 6) is -0.659. The Labute approximate surface area is 107 Å². The summed E-state index contributed by atoms with van der Waals surface area (Å²) in [5, 5.41) is 3.24. The first-order chi connectivity index (χ1) is 8.68. The molecule has 2 heterocycles. The Morgan fingerprint density at radius 3 is 2.72 bits per heavy atom. The van der Waals surface area contributed by atoms with Crippen molar-refractivity contribution in [2.75, 3.05) is 0 Å². The highest BCUT2D eigenvalue weighted by molar-refractivity contribution is 7.13. The van der Waals surface area contributed by atoms with E-state index in [1.165, 1.54) is 6.92 Å². The van der Waals surface area contributed by atoms with Gasteiger partial charge in [-0.15, -0.1) is 11.3 Å². The first-order valence-corrected chi connectivity index (χ1v) is 6.37. The Hall–Kier alpha value is -2.07. The van der Waals surface area contributed by atoms with Gasteiger partial charge >= 0.3 is 0 Å². The van der Waals surface area contributed by atoms with E-state index in [-0.39, 0.29) is 11.4 Å². The predicted molar refractivity (Wildman–Crippen MR) is 69.6 cm³/mol. The first kappa shape index (κ1) is 11.0. The minimum Gasteiger partial charge on any atom is -0.294 e. The third-order valence-electron chi connectivity index (χ3n) is 2.87. The van der Waals surface area contributed by atoms with Gasteiger partial charge in [0.1, 0.15) is 0 Å². The lowest BCUT2D eigenvalue weighted by atomic mass is 10.0. The number of ketones is 1. The van der Waals surface area contributed by atoms with Gasteiger partial charge < -0.3 is 0 Å². The number of carbonyl (C=O) groups is 2. The van der Waals surface area contributed by atoms with Crippen molar-refractivity contribution in [3.63, 3.8) is 0 Å². The van der Waals surface area contributed by atoms with Crippen LogP contribution in [0.25, 0.3) is 16.0 Å². The standard InChI is InChI=1S/C14H9NO2S/c1-8(16)12-13-9(11-6-3-7-18-11)4-2-5-10(13)15-14(12)17/h2-7H,1H3. The maximum atomic E-state index is 11.8. The molecule has 2 aromatic rings. The smallest absolute Gasteiger partial charge is 0.281 e. The number of rotatable bonds is 2. The number of thiophene rings is 1. The van der Waals surface area contributed by atoms with E-state index in [1.54, 1.807) is 17.4 Å². The van der Waals surface area contributed by atoms with E-state index in [9.17, 15) is 9.59 Å². The van der Waals surface area contributed by atoms with Crippen LogP contribution in [0, 0.1) is 0 Å². The van der Waals surface area contributed by atoms with Gasteiger partial charge in [0.05, 0.1) is 10.9 Å². The van der Waals surface area contributed by atoms with E-state index in [0.717, 1.165) is 10.4 Å². The fraction of sp³-hybridized carbons (Fsp3) is 0.0714. The Morgan fingerprint density at radius 2 is 2.06 bits per heavy atom. The molecule has 1 aliphatic rings. The van der Waals surface area contributed by atoms with Crippen molar-refractivity contribution < 1.29 is 9.59 Å². The number of hydrogen-bond donors (Lipinski definition) is 0. The zero-order valence-electron chi connectivity index (χ0n) is 9.64. The first-order valence-electron chi connectivity index (χ1n) is 5.49. The van der Waals surface area contributed by atoms with Crippen LogP contribution < -0.4 is 10.6 Å². The maximum Gasteiger partial charge on any atom is 0.281 e. The molecule has 3 nitrogen and oxygen atoms in total. The summed E-state index contributed by atoms with van der Waals surface area (Å²) in [7, 11) is 0. The topological polar surface area (TPSA) is 46.5 Å². The molecule has 0 saturated heterocycles. The van der Waals surface area contributed by atoms with Crippen LogP contribution in [-0.2, 0) is 9.59 Å². The van der Waals surface area contributed by atoms with Gasteiger partial charge in [0.2, 0.25) is 0 Å². The summed E-state index contributed by atoms with van der Waals surface area (Å²) < 4.78 is 0. The molecule has 0 saturated carbocycles. The van der Waals surface area contributed by atoms with Crippen LogP contribution in [0.1, 0.15) is 6.92 Å². The molecule has 18 heavy (non-hydrogen) atoms. The number of hydrogen-bond acceptors (Lipinski definition) is 3. The molecule has 3 rings (SSSR count). The van der Waals surface area contributed by atoms with Crippen LogP contribution in [-0.4, -0.2) is 11.7 Å². The summed E-state index contributed by atoms with van der Waals surface area (Å²) in [6.07, 6.45) is 0. The molecule has 1 aromatic carbocycles. The molecule has 1 amide bonds. The van der Waals surface area contributed by atoms with E-state index in [1.807, 2.05) is 29.6 Å². The Morgan fingerprint density at radius 1 is 1.22 bits per heavy atom. The quantitative estimate of drug-likeness (QED) is 0.812. The molecular formula is C14H9NO2S. The number of carbonyl (C=O) groups excluding carboxylic acids is 2. The van der Waals surface area contributed by atoms with Gasteiger partial charge in [-0.1, -0.05) is 18.2 Å². The van der Waals surface area contributed by atoms with E-state index >= 15 is 0 Å². The maximum absolute atomic E-state index is 11.8. The van der Waals surface area contributed by atoms with Crippen molar-refractivity contribution in [3.8, 4) is 10.4 Å². The van der Waals surface area contributed by atoms with Crippen molar-refractivity contribution >= 4 is 28.6 Å². The Bertz CT molecular complexity index is 773. The zero-order chi connectivity index (χ0) is 12.7. The lowest BCUT2D eigenvalue weighted by molar-refractivity contribution is -0.116. The third kappa shape index (κ3) is 1.54. The van der Waals surface area contributed by atoms with Gasteiger partial charge in [0.15, 0.2) is 5.78 Å². The molecule has 0 atom stereocenters. The lowest BCUT2D eigenvalue weighted by Crippen LogP contribution is -2.27. The molecule has 1 aromatic heterocycles. The van der Waals surface area contributed by atoms with Gasteiger partial charge in [0.25, 0.3) is 5.91 Å². The summed E-state index contributed by atoms with van der Waals surface area (Å²) in [6.45, 7) is 1.41. The number of nitrogens with zero attached hydrogens (tertiary/aromatic N) is 1. The molecule has 4 heteroatoms. The van der Waals surface area contributed by atoms with Gasteiger partial charge in [-0.3, -0.25) is 9.59 Å². The van der Waals surface area contributed by atoms with Crippen molar-refractivity contribution in [1.29, 1.82) is 0 Å². The van der Waals surface area contributed by atoms with Crippen molar-refractivity contribution in [3.05, 3.63) is 46.3 Å². The minimum absolute atomic E-state index is 0.203. The largest absolute Gasteiger partial charge is 0.294 e. The Balaban J connectivity index is 2.48. The molecular weight excluding hydrogens is 246 g/mol. The van der Waals surface area contributed by atoms with Crippen LogP contribution in [0.4, 0.5) is 0 Å². The van der Waals surface area contributed by atoms with Gasteiger partial charge in [-0.05, 0) is 24.4 Å². The number of benzene rings is 1. The molecule has 0 bridgehead atoms. The Kier molecular flexibility index (Phi) is 2.45. The summed E-state index contributed by atoms with van der Waals surface area (Å²) in [6, 6.07) is 9.46. The number of amides is 1. The monoisotopic (exact) mass is 255 g/mol. The fourth-order valence-corrected chi connectivity index (χ4v) is 2.89. The number of Topliss-reactive ketones (excluding diaryl/α,β-unsaturated/α-hetero) is 1. The second-order valence-electron chi connectivity index (χ2n) is 4.03. The van der Waals surface area contributed by atoms with Crippen LogP contribution in [0.15, 0.2) is 40.7 Å². The van der Waals surface area contributed by atoms with Gasteiger partial charge in [-0.25, -0.2) is 4.99 Å². The molecule has 0 aliphatic carbocycles. The van der Waals surface area contributed by atoms with Crippen LogP contribution >= 0.6 is 11.3 Å². The lowest BCUT2D eigenvalue weighted by Gasteiger charge is -1.99. The van der Waals surface area contributed by atoms with Crippen molar-refractivity contribution in [2.24, 2.45) is 4.99 Å². The van der Waals surface area contributed by atoms with E-state index in [0.29, 0.717) is 10.6 Å². The third-order valence-corrected chi connectivity index (χ3v) is 3.77.